The zero-order valence-corrected chi connectivity index (χ0v) is 15.4. The second kappa shape index (κ2) is 12.0. The predicted octanol–water partition coefficient (Wildman–Crippen LogP) is 3.94. The van der Waals surface area contributed by atoms with Crippen LogP contribution in [-0.4, -0.2) is 49.4 Å². The Kier molecular flexibility index (Phi) is 11.3. The zero-order chi connectivity index (χ0) is 17.7. The summed E-state index contributed by atoms with van der Waals surface area (Å²) < 4.78 is 10.3. The Hall–Kier alpha value is -1.46. The summed E-state index contributed by atoms with van der Waals surface area (Å²) in [5.74, 6) is 0. The smallest absolute Gasteiger partial charge is 0.410 e. The van der Waals surface area contributed by atoms with Gasteiger partial charge in [-0.2, -0.15) is 0 Å². The van der Waals surface area contributed by atoms with Gasteiger partial charge in [0.15, 0.2) is 0 Å². The van der Waals surface area contributed by atoms with Gasteiger partial charge in [-0.05, 0) is 40.0 Å². The minimum absolute atomic E-state index is 0.257. The third-order valence-corrected chi connectivity index (χ3v) is 3.49. The highest BCUT2D eigenvalue weighted by atomic mass is 16.6. The second-order valence-corrected chi connectivity index (χ2v) is 6.36. The van der Waals surface area contributed by atoms with Crippen LogP contribution in [0.4, 0.5) is 9.59 Å². The molecule has 0 atom stereocenters. The Morgan fingerprint density at radius 3 is 2.35 bits per heavy atom. The standard InChI is InChI=1S/C17H34N2O4/c1-6-12-17(3,4)23-16(21)19(5)14-11-9-8-10-13-18-15(20)22-7-2/h6-14H2,1-5H3,(H,18,20). The lowest BCUT2D eigenvalue weighted by atomic mass is 10.0. The van der Waals surface area contributed by atoms with Crippen molar-refractivity contribution in [1.29, 1.82) is 0 Å². The Morgan fingerprint density at radius 2 is 1.74 bits per heavy atom. The fourth-order valence-electron chi connectivity index (χ4n) is 2.26. The van der Waals surface area contributed by atoms with E-state index in [2.05, 4.69) is 12.2 Å². The van der Waals surface area contributed by atoms with Crippen LogP contribution in [0.15, 0.2) is 0 Å². The quantitative estimate of drug-likeness (QED) is 0.583. The number of amides is 2. The van der Waals surface area contributed by atoms with Crippen LogP contribution in [0.25, 0.3) is 0 Å². The van der Waals surface area contributed by atoms with Gasteiger partial charge in [-0.25, -0.2) is 9.59 Å². The molecule has 0 aromatic heterocycles. The number of alkyl carbamates (subject to hydrolysis) is 1. The van der Waals surface area contributed by atoms with Gasteiger partial charge in [-0.15, -0.1) is 0 Å². The SMILES string of the molecule is CCCC(C)(C)OC(=O)N(C)CCCCCCNC(=O)OCC. The lowest BCUT2D eigenvalue weighted by Gasteiger charge is -2.27. The fraction of sp³-hybridized carbons (Fsp3) is 0.882. The normalized spacial score (nSPS) is 11.0. The van der Waals surface area contributed by atoms with Gasteiger partial charge in [0.2, 0.25) is 0 Å². The molecule has 0 rings (SSSR count). The van der Waals surface area contributed by atoms with E-state index in [4.69, 9.17) is 9.47 Å². The van der Waals surface area contributed by atoms with Crippen LogP contribution >= 0.6 is 0 Å². The van der Waals surface area contributed by atoms with E-state index in [0.717, 1.165) is 38.5 Å². The lowest BCUT2D eigenvalue weighted by Crippen LogP contribution is -2.36. The lowest BCUT2D eigenvalue weighted by molar-refractivity contribution is 0.0121. The first-order chi connectivity index (χ1) is 10.8. The van der Waals surface area contributed by atoms with Crippen molar-refractivity contribution in [3.8, 4) is 0 Å². The molecule has 0 saturated heterocycles. The van der Waals surface area contributed by atoms with Crippen molar-refractivity contribution in [1.82, 2.24) is 10.2 Å². The van der Waals surface area contributed by atoms with Crippen molar-refractivity contribution < 1.29 is 19.1 Å². The van der Waals surface area contributed by atoms with Gasteiger partial charge < -0.3 is 19.7 Å². The second-order valence-electron chi connectivity index (χ2n) is 6.36. The molecule has 0 aromatic rings. The number of carbonyl (C=O) groups is 2. The first-order valence-corrected chi connectivity index (χ1v) is 8.67. The first kappa shape index (κ1) is 21.5. The molecule has 6 heteroatoms. The van der Waals surface area contributed by atoms with E-state index in [-0.39, 0.29) is 12.2 Å². The van der Waals surface area contributed by atoms with Crippen molar-refractivity contribution in [2.75, 3.05) is 26.7 Å². The maximum atomic E-state index is 12.0. The van der Waals surface area contributed by atoms with Gasteiger partial charge in [-0.1, -0.05) is 26.2 Å². The molecule has 0 fully saturated rings. The van der Waals surface area contributed by atoms with E-state index < -0.39 is 5.60 Å². The highest BCUT2D eigenvalue weighted by molar-refractivity contribution is 5.67. The fourth-order valence-corrected chi connectivity index (χ4v) is 2.26. The first-order valence-electron chi connectivity index (χ1n) is 8.67. The molecule has 0 spiro atoms. The number of nitrogens with zero attached hydrogens (tertiary/aromatic N) is 1. The number of ether oxygens (including phenoxy) is 2. The summed E-state index contributed by atoms with van der Waals surface area (Å²) in [6, 6.07) is 0. The average molecular weight is 330 g/mol. The maximum absolute atomic E-state index is 12.0. The predicted molar refractivity (Wildman–Crippen MR) is 91.6 cm³/mol. The molecule has 0 radical (unpaired) electrons. The molecule has 0 heterocycles. The maximum Gasteiger partial charge on any atom is 0.410 e. The van der Waals surface area contributed by atoms with Crippen LogP contribution < -0.4 is 5.32 Å². The molecule has 0 aromatic carbocycles. The molecular formula is C17H34N2O4. The highest BCUT2D eigenvalue weighted by Gasteiger charge is 2.23. The van der Waals surface area contributed by atoms with Crippen LogP contribution in [0.3, 0.4) is 0 Å². The van der Waals surface area contributed by atoms with Crippen molar-refractivity contribution in [2.24, 2.45) is 0 Å². The van der Waals surface area contributed by atoms with Gasteiger partial charge in [-0.3, -0.25) is 0 Å². The van der Waals surface area contributed by atoms with E-state index in [1.165, 1.54) is 0 Å². The summed E-state index contributed by atoms with van der Waals surface area (Å²) >= 11 is 0. The molecule has 0 bridgehead atoms. The third-order valence-electron chi connectivity index (χ3n) is 3.49. The van der Waals surface area contributed by atoms with Crippen LogP contribution in [0.1, 0.15) is 66.2 Å². The van der Waals surface area contributed by atoms with Crippen molar-refractivity contribution in [2.45, 2.75) is 71.8 Å². The Balaban J connectivity index is 3.68. The summed E-state index contributed by atoms with van der Waals surface area (Å²) in [6.07, 6.45) is 5.11. The minimum Gasteiger partial charge on any atom is -0.450 e. The summed E-state index contributed by atoms with van der Waals surface area (Å²) in [5.41, 5.74) is -0.404. The van der Waals surface area contributed by atoms with Crippen LogP contribution in [0.2, 0.25) is 0 Å². The van der Waals surface area contributed by atoms with Crippen LogP contribution in [0, 0.1) is 0 Å². The number of hydrogen-bond donors (Lipinski definition) is 1. The molecule has 136 valence electrons. The van der Waals surface area contributed by atoms with E-state index in [1.807, 2.05) is 13.8 Å². The van der Waals surface area contributed by atoms with Crippen molar-refractivity contribution in [3.63, 3.8) is 0 Å². The largest absolute Gasteiger partial charge is 0.450 e. The van der Waals surface area contributed by atoms with Crippen LogP contribution in [-0.2, 0) is 9.47 Å². The summed E-state index contributed by atoms with van der Waals surface area (Å²) in [6.45, 7) is 9.45. The van der Waals surface area contributed by atoms with E-state index in [1.54, 1.807) is 18.9 Å². The van der Waals surface area contributed by atoms with Crippen molar-refractivity contribution >= 4 is 12.2 Å². The van der Waals surface area contributed by atoms with Gasteiger partial charge >= 0.3 is 12.2 Å². The van der Waals surface area contributed by atoms with Gasteiger partial charge in [0.25, 0.3) is 0 Å². The molecule has 2 amide bonds. The Labute approximate surface area is 140 Å². The van der Waals surface area contributed by atoms with E-state index >= 15 is 0 Å². The number of carbonyl (C=O) groups excluding carboxylic acids is 2. The average Bonchev–Trinajstić information content (AvgIpc) is 2.45. The minimum atomic E-state index is -0.404. The number of nitrogens with one attached hydrogen (secondary N) is 1. The Bertz CT molecular complexity index is 345. The van der Waals surface area contributed by atoms with Gasteiger partial charge in [0.05, 0.1) is 6.61 Å². The van der Waals surface area contributed by atoms with E-state index in [0.29, 0.717) is 19.7 Å². The van der Waals surface area contributed by atoms with Gasteiger partial charge in [0.1, 0.15) is 5.60 Å². The zero-order valence-electron chi connectivity index (χ0n) is 15.4. The Morgan fingerprint density at radius 1 is 1.09 bits per heavy atom. The molecule has 0 aliphatic heterocycles. The topological polar surface area (TPSA) is 67.9 Å². The summed E-state index contributed by atoms with van der Waals surface area (Å²) in [4.78, 5) is 24.7. The summed E-state index contributed by atoms with van der Waals surface area (Å²) in [5, 5.41) is 2.69. The van der Waals surface area contributed by atoms with Crippen LogP contribution in [0.5, 0.6) is 0 Å². The molecule has 0 aliphatic rings. The number of rotatable bonds is 11. The monoisotopic (exact) mass is 330 g/mol. The molecule has 0 unspecified atom stereocenters. The molecule has 0 aliphatic carbocycles. The molecular weight excluding hydrogens is 296 g/mol. The third kappa shape index (κ3) is 11.7. The van der Waals surface area contributed by atoms with E-state index in [9.17, 15) is 9.59 Å². The molecule has 6 nitrogen and oxygen atoms in total. The van der Waals surface area contributed by atoms with Crippen molar-refractivity contribution in [3.05, 3.63) is 0 Å². The molecule has 0 saturated carbocycles. The highest BCUT2D eigenvalue weighted by Crippen LogP contribution is 2.17. The summed E-state index contributed by atoms with van der Waals surface area (Å²) in [7, 11) is 1.77. The number of unbranched alkanes of at least 4 members (excludes halogenated alkanes) is 3. The molecule has 1 N–H and O–H groups in total. The van der Waals surface area contributed by atoms with Gasteiger partial charge in [0, 0.05) is 20.1 Å². The number of hydrogen-bond acceptors (Lipinski definition) is 4. The molecule has 23 heavy (non-hydrogen) atoms.